The first-order valence-corrected chi connectivity index (χ1v) is 6.99. The van der Waals surface area contributed by atoms with Gasteiger partial charge in [0.25, 0.3) is 0 Å². The molecule has 1 N–H and O–H groups in total. The van der Waals surface area contributed by atoms with Gasteiger partial charge in [-0.05, 0) is 12.1 Å². The van der Waals surface area contributed by atoms with Crippen molar-refractivity contribution in [3.63, 3.8) is 0 Å². The summed E-state index contributed by atoms with van der Waals surface area (Å²) >= 11 is 7.44. The molecule has 0 bridgehead atoms. The second-order valence-electron chi connectivity index (χ2n) is 4.25. The number of rotatable bonds is 4. The van der Waals surface area contributed by atoms with Crippen LogP contribution in [0.5, 0.6) is 0 Å². The molecule has 0 saturated heterocycles. The number of thiophene rings is 1. The molecule has 0 saturated carbocycles. The Labute approximate surface area is 122 Å². The van der Waals surface area contributed by atoms with E-state index in [1.54, 1.807) is 26.0 Å². The van der Waals surface area contributed by atoms with Crippen LogP contribution in [0, 0.1) is 0 Å². The number of carbonyl (C=O) groups excluding carboxylic acids is 1. The average molecular weight is 303 g/mol. The lowest BCUT2D eigenvalue weighted by Gasteiger charge is -2.22. The van der Waals surface area contributed by atoms with Gasteiger partial charge in [0, 0.05) is 33.1 Å². The van der Waals surface area contributed by atoms with Crippen LogP contribution in [0.15, 0.2) is 17.1 Å². The van der Waals surface area contributed by atoms with Crippen molar-refractivity contribution in [3.8, 4) is 0 Å². The summed E-state index contributed by atoms with van der Waals surface area (Å²) in [5.41, 5.74) is 0. The van der Waals surface area contributed by atoms with Crippen LogP contribution >= 0.6 is 22.9 Å². The molecule has 1 amide bonds. The fourth-order valence-corrected chi connectivity index (χ4v) is 2.58. The van der Waals surface area contributed by atoms with Crippen LogP contribution in [0.1, 0.15) is 4.88 Å². The highest BCUT2D eigenvalue weighted by atomic mass is 35.5. The number of nitrogens with one attached hydrogen (secondary N) is 1. The molecule has 0 aliphatic carbocycles. The van der Waals surface area contributed by atoms with Gasteiger partial charge in [-0.25, -0.2) is 0 Å². The van der Waals surface area contributed by atoms with Crippen LogP contribution in [0.3, 0.4) is 0 Å². The molecule has 1 heterocycles. The molecule has 0 unspecified atom stereocenters. The molecular weight excluding hydrogens is 284 g/mol. The van der Waals surface area contributed by atoms with E-state index < -0.39 is 0 Å². The molecule has 0 aliphatic rings. The minimum atomic E-state index is 0.00807. The standard InChI is InChI=1S/C12H19ClN4OS/c1-14-12(15-7-11(18)16(2)3)17(4)8-9-5-6-10(13)19-9/h5-6H,7-8H2,1-4H3,(H,14,15). The smallest absolute Gasteiger partial charge is 0.241 e. The minimum Gasteiger partial charge on any atom is -0.347 e. The molecule has 0 aromatic carbocycles. The molecule has 0 fully saturated rings. The number of carbonyl (C=O) groups is 1. The van der Waals surface area contributed by atoms with Gasteiger partial charge in [0.1, 0.15) is 0 Å². The molecule has 0 atom stereocenters. The van der Waals surface area contributed by atoms with Crippen LogP contribution in [-0.2, 0) is 11.3 Å². The highest BCUT2D eigenvalue weighted by molar-refractivity contribution is 7.16. The molecule has 5 nitrogen and oxygen atoms in total. The van der Waals surface area contributed by atoms with E-state index >= 15 is 0 Å². The Morgan fingerprint density at radius 3 is 2.58 bits per heavy atom. The summed E-state index contributed by atoms with van der Waals surface area (Å²) in [6.45, 7) is 0.933. The van der Waals surface area contributed by atoms with Crippen molar-refractivity contribution in [1.82, 2.24) is 15.1 Å². The lowest BCUT2D eigenvalue weighted by atomic mass is 10.4. The molecule has 0 radical (unpaired) electrons. The zero-order valence-electron chi connectivity index (χ0n) is 11.6. The summed E-state index contributed by atoms with van der Waals surface area (Å²) in [5.74, 6) is 0.688. The Hall–Kier alpha value is -1.27. The number of halogens is 1. The van der Waals surface area contributed by atoms with Crippen molar-refractivity contribution in [1.29, 1.82) is 0 Å². The van der Waals surface area contributed by atoms with E-state index in [9.17, 15) is 4.79 Å². The lowest BCUT2D eigenvalue weighted by molar-refractivity contribution is -0.127. The van der Waals surface area contributed by atoms with Gasteiger partial charge in [0.15, 0.2) is 5.96 Å². The van der Waals surface area contributed by atoms with E-state index in [2.05, 4.69) is 10.3 Å². The van der Waals surface area contributed by atoms with E-state index in [1.165, 1.54) is 11.3 Å². The van der Waals surface area contributed by atoms with Crippen molar-refractivity contribution < 1.29 is 4.79 Å². The third-order valence-corrected chi connectivity index (χ3v) is 3.71. The minimum absolute atomic E-state index is 0.00807. The number of guanidine groups is 1. The number of hydrogen-bond donors (Lipinski definition) is 1. The van der Waals surface area contributed by atoms with E-state index in [-0.39, 0.29) is 12.5 Å². The van der Waals surface area contributed by atoms with Crippen molar-refractivity contribution in [2.24, 2.45) is 4.99 Å². The highest BCUT2D eigenvalue weighted by Gasteiger charge is 2.10. The average Bonchev–Trinajstić information content (AvgIpc) is 2.75. The fraction of sp³-hybridized carbons (Fsp3) is 0.500. The van der Waals surface area contributed by atoms with Crippen LogP contribution < -0.4 is 5.32 Å². The van der Waals surface area contributed by atoms with E-state index in [0.717, 1.165) is 9.21 Å². The van der Waals surface area contributed by atoms with Crippen LogP contribution in [0.4, 0.5) is 0 Å². The van der Waals surface area contributed by atoms with Gasteiger partial charge in [-0.2, -0.15) is 0 Å². The summed E-state index contributed by atoms with van der Waals surface area (Å²) in [7, 11) is 7.07. The topological polar surface area (TPSA) is 47.9 Å². The SMILES string of the molecule is CN=C(NCC(=O)N(C)C)N(C)Cc1ccc(Cl)s1. The molecule has 0 aliphatic heterocycles. The first kappa shape index (κ1) is 15.8. The van der Waals surface area contributed by atoms with Crippen molar-refractivity contribution in [2.75, 3.05) is 34.7 Å². The number of nitrogens with zero attached hydrogens (tertiary/aromatic N) is 3. The maximum atomic E-state index is 11.5. The molecule has 19 heavy (non-hydrogen) atoms. The maximum absolute atomic E-state index is 11.5. The molecule has 1 rings (SSSR count). The Balaban J connectivity index is 2.53. The molecule has 106 valence electrons. The quantitative estimate of drug-likeness (QED) is 0.677. The van der Waals surface area contributed by atoms with Gasteiger partial charge in [-0.15, -0.1) is 11.3 Å². The second-order valence-corrected chi connectivity index (χ2v) is 6.05. The van der Waals surface area contributed by atoms with Crippen molar-refractivity contribution in [3.05, 3.63) is 21.3 Å². The summed E-state index contributed by atoms with van der Waals surface area (Å²) in [5, 5.41) is 3.03. The van der Waals surface area contributed by atoms with Gasteiger partial charge in [-0.1, -0.05) is 11.6 Å². The largest absolute Gasteiger partial charge is 0.347 e. The number of hydrogen-bond acceptors (Lipinski definition) is 3. The number of likely N-dealkylation sites (N-methyl/N-ethyl adjacent to an activating group) is 1. The van der Waals surface area contributed by atoms with Crippen molar-refractivity contribution in [2.45, 2.75) is 6.54 Å². The summed E-state index contributed by atoms with van der Waals surface area (Å²) < 4.78 is 0.772. The zero-order valence-corrected chi connectivity index (χ0v) is 13.2. The van der Waals surface area contributed by atoms with E-state index in [1.807, 2.05) is 24.1 Å². The maximum Gasteiger partial charge on any atom is 0.241 e. The van der Waals surface area contributed by atoms with E-state index in [0.29, 0.717) is 12.5 Å². The van der Waals surface area contributed by atoms with Gasteiger partial charge < -0.3 is 15.1 Å². The fourth-order valence-electron chi connectivity index (χ4n) is 1.44. The van der Waals surface area contributed by atoms with Gasteiger partial charge >= 0.3 is 0 Å². The normalized spacial score (nSPS) is 11.3. The molecule has 1 aromatic rings. The van der Waals surface area contributed by atoms with Gasteiger partial charge in [0.05, 0.1) is 17.4 Å². The van der Waals surface area contributed by atoms with Crippen LogP contribution in [0.2, 0.25) is 4.34 Å². The predicted molar refractivity (Wildman–Crippen MR) is 80.9 cm³/mol. The summed E-state index contributed by atoms with van der Waals surface area (Å²) in [4.78, 5) is 20.3. The Bertz CT molecular complexity index is 458. The molecule has 1 aromatic heterocycles. The Morgan fingerprint density at radius 2 is 2.11 bits per heavy atom. The highest BCUT2D eigenvalue weighted by Crippen LogP contribution is 2.22. The Kier molecular flexibility index (Phi) is 6.11. The lowest BCUT2D eigenvalue weighted by Crippen LogP contribution is -2.43. The first-order chi connectivity index (χ1) is 8.93. The third-order valence-electron chi connectivity index (χ3n) is 2.49. The molecule has 7 heteroatoms. The third kappa shape index (κ3) is 5.08. The molecular formula is C12H19ClN4OS. The van der Waals surface area contributed by atoms with Crippen LogP contribution in [-0.4, -0.2) is 56.4 Å². The predicted octanol–water partition coefficient (Wildman–Crippen LogP) is 1.50. The van der Waals surface area contributed by atoms with Crippen molar-refractivity contribution >= 4 is 34.8 Å². The Morgan fingerprint density at radius 1 is 1.42 bits per heavy atom. The monoisotopic (exact) mass is 302 g/mol. The van der Waals surface area contributed by atoms with Gasteiger partial charge in [0.2, 0.25) is 5.91 Å². The van der Waals surface area contributed by atoms with E-state index in [4.69, 9.17) is 11.6 Å². The summed E-state index contributed by atoms with van der Waals surface area (Å²) in [6, 6.07) is 3.86. The second kappa shape index (κ2) is 7.35. The zero-order chi connectivity index (χ0) is 14.4. The van der Waals surface area contributed by atoms with Crippen LogP contribution in [0.25, 0.3) is 0 Å². The summed E-state index contributed by atoms with van der Waals surface area (Å²) in [6.07, 6.45) is 0. The number of amides is 1. The number of aliphatic imine (C=N–C) groups is 1. The van der Waals surface area contributed by atoms with Gasteiger partial charge in [-0.3, -0.25) is 9.79 Å². The first-order valence-electron chi connectivity index (χ1n) is 5.80. The molecule has 0 spiro atoms.